The standard InChI is InChI=1S/C13H38O4Si5/c1-12-13-22(11,15-18(2)14-19(3,4)5)17-21(9,10)16-20(6,7)8/h18H,12-13H2,1-11H3. The zero-order valence-electron chi connectivity index (χ0n) is 16.6. The smallest absolute Gasteiger partial charge is 0.317 e. The van der Waals surface area contributed by atoms with Gasteiger partial charge in [-0.05, 0) is 71.5 Å². The van der Waals surface area contributed by atoms with Gasteiger partial charge in [0.2, 0.25) is 0 Å². The molecule has 0 amide bonds. The molecular weight excluding hydrogens is 361 g/mol. The Morgan fingerprint density at radius 2 is 1.23 bits per heavy atom. The Labute approximate surface area is 144 Å². The summed E-state index contributed by atoms with van der Waals surface area (Å²) in [6, 6.07) is 1.00. The van der Waals surface area contributed by atoms with Gasteiger partial charge < -0.3 is 16.5 Å². The zero-order chi connectivity index (χ0) is 17.8. The van der Waals surface area contributed by atoms with Gasteiger partial charge in [-0.3, -0.25) is 0 Å². The summed E-state index contributed by atoms with van der Waals surface area (Å²) >= 11 is 0. The van der Waals surface area contributed by atoms with Gasteiger partial charge in [0.05, 0.1) is 0 Å². The molecule has 0 aliphatic carbocycles. The highest BCUT2D eigenvalue weighted by atomic mass is 28.5. The maximum atomic E-state index is 6.57. The fourth-order valence-corrected chi connectivity index (χ4v) is 23.2. The highest BCUT2D eigenvalue weighted by molar-refractivity contribution is 6.88. The van der Waals surface area contributed by atoms with Gasteiger partial charge in [-0.2, -0.15) is 0 Å². The van der Waals surface area contributed by atoms with Crippen LogP contribution in [0.1, 0.15) is 13.3 Å². The SMILES string of the molecule is CCC[Si](C)(O[SiH](C)O[Si](C)(C)C)O[Si](C)(C)O[Si](C)(C)C. The maximum absolute atomic E-state index is 6.57. The van der Waals surface area contributed by atoms with Gasteiger partial charge >= 0.3 is 17.1 Å². The van der Waals surface area contributed by atoms with E-state index >= 15 is 0 Å². The van der Waals surface area contributed by atoms with Crippen LogP contribution in [0.3, 0.4) is 0 Å². The van der Waals surface area contributed by atoms with E-state index in [9.17, 15) is 0 Å². The van der Waals surface area contributed by atoms with Gasteiger partial charge in [-0.1, -0.05) is 13.3 Å². The molecule has 0 aromatic carbocycles. The summed E-state index contributed by atoms with van der Waals surface area (Å²) in [6.07, 6.45) is 1.08. The first kappa shape index (κ1) is 22.9. The van der Waals surface area contributed by atoms with Gasteiger partial charge in [0.25, 0.3) is 9.28 Å². The lowest BCUT2D eigenvalue weighted by Gasteiger charge is -2.40. The Kier molecular flexibility index (Phi) is 8.69. The van der Waals surface area contributed by atoms with E-state index in [0.717, 1.165) is 12.5 Å². The summed E-state index contributed by atoms with van der Waals surface area (Å²) < 4.78 is 25.5. The Bertz CT molecular complexity index is 340. The molecule has 0 aliphatic heterocycles. The van der Waals surface area contributed by atoms with Crippen molar-refractivity contribution >= 4 is 43.0 Å². The van der Waals surface area contributed by atoms with E-state index in [4.69, 9.17) is 16.5 Å². The average Bonchev–Trinajstić information content (AvgIpc) is 2.06. The van der Waals surface area contributed by atoms with Gasteiger partial charge in [-0.25, -0.2) is 0 Å². The Morgan fingerprint density at radius 3 is 1.59 bits per heavy atom. The number of hydrogen-bond acceptors (Lipinski definition) is 4. The molecule has 0 rings (SSSR count). The second kappa shape index (κ2) is 8.34. The Morgan fingerprint density at radius 1 is 0.727 bits per heavy atom. The molecule has 2 unspecified atom stereocenters. The second-order valence-corrected chi connectivity index (χ2v) is 27.2. The molecule has 22 heavy (non-hydrogen) atoms. The molecule has 0 aliphatic rings. The third-order valence-electron chi connectivity index (χ3n) is 2.65. The lowest BCUT2D eigenvalue weighted by Crippen LogP contribution is -2.56. The third-order valence-corrected chi connectivity index (χ3v) is 19.6. The number of rotatable bonds is 10. The molecule has 0 aromatic rings. The van der Waals surface area contributed by atoms with E-state index < -0.39 is 43.0 Å². The van der Waals surface area contributed by atoms with Crippen molar-refractivity contribution in [1.82, 2.24) is 0 Å². The highest BCUT2D eigenvalue weighted by Gasteiger charge is 2.43. The summed E-state index contributed by atoms with van der Waals surface area (Å²) in [5.41, 5.74) is 0. The minimum Gasteiger partial charge on any atom is -0.439 e. The second-order valence-electron chi connectivity index (χ2n) is 8.52. The van der Waals surface area contributed by atoms with E-state index in [1.54, 1.807) is 0 Å². The van der Waals surface area contributed by atoms with Crippen LogP contribution in [0.4, 0.5) is 0 Å². The van der Waals surface area contributed by atoms with Crippen LogP contribution < -0.4 is 0 Å². The van der Waals surface area contributed by atoms with Gasteiger partial charge in [-0.15, -0.1) is 0 Å². The topological polar surface area (TPSA) is 36.9 Å². The van der Waals surface area contributed by atoms with Crippen LogP contribution in [0.25, 0.3) is 0 Å². The van der Waals surface area contributed by atoms with Crippen molar-refractivity contribution in [3.05, 3.63) is 0 Å². The van der Waals surface area contributed by atoms with Crippen molar-refractivity contribution in [2.45, 2.75) is 84.9 Å². The van der Waals surface area contributed by atoms with Crippen molar-refractivity contribution in [3.63, 3.8) is 0 Å². The Hall–Kier alpha value is 0.924. The van der Waals surface area contributed by atoms with Crippen LogP contribution in [-0.4, -0.2) is 43.0 Å². The van der Waals surface area contributed by atoms with E-state index in [-0.39, 0.29) is 0 Å². The van der Waals surface area contributed by atoms with E-state index in [1.165, 1.54) is 0 Å². The predicted molar refractivity (Wildman–Crippen MR) is 108 cm³/mol. The summed E-state index contributed by atoms with van der Waals surface area (Å²) in [5, 5.41) is 0. The van der Waals surface area contributed by atoms with Crippen molar-refractivity contribution in [3.8, 4) is 0 Å². The fraction of sp³-hybridized carbons (Fsp3) is 1.00. The lowest BCUT2D eigenvalue weighted by atomic mass is 10.6. The first-order valence-electron chi connectivity index (χ1n) is 8.33. The summed E-state index contributed by atoms with van der Waals surface area (Å²) in [7, 11) is -9.19. The first-order valence-corrected chi connectivity index (χ1v) is 22.6. The van der Waals surface area contributed by atoms with E-state index in [1.807, 2.05) is 0 Å². The monoisotopic (exact) mass is 398 g/mol. The molecule has 0 N–H and O–H groups in total. The molecule has 0 bridgehead atoms. The van der Waals surface area contributed by atoms with Crippen LogP contribution in [0.15, 0.2) is 0 Å². The van der Waals surface area contributed by atoms with E-state index in [2.05, 4.69) is 72.4 Å². The van der Waals surface area contributed by atoms with Crippen LogP contribution in [-0.2, 0) is 16.5 Å². The van der Waals surface area contributed by atoms with Crippen molar-refractivity contribution in [2.75, 3.05) is 0 Å². The molecule has 0 heterocycles. The van der Waals surface area contributed by atoms with Crippen molar-refractivity contribution in [2.24, 2.45) is 0 Å². The molecule has 2 atom stereocenters. The summed E-state index contributed by atoms with van der Waals surface area (Å²) in [4.78, 5) is 0. The van der Waals surface area contributed by atoms with Gasteiger partial charge in [0.15, 0.2) is 16.6 Å². The first-order chi connectivity index (χ1) is 9.58. The molecule has 9 heteroatoms. The summed E-state index contributed by atoms with van der Waals surface area (Å²) in [6.45, 7) is 24.1. The van der Waals surface area contributed by atoms with Crippen LogP contribution >= 0.6 is 0 Å². The zero-order valence-corrected chi connectivity index (χ0v) is 21.8. The van der Waals surface area contributed by atoms with E-state index in [0.29, 0.717) is 0 Å². The molecule has 0 saturated heterocycles. The Balaban J connectivity index is 4.94. The molecule has 0 spiro atoms. The van der Waals surface area contributed by atoms with Crippen LogP contribution in [0.2, 0.25) is 71.5 Å². The third kappa shape index (κ3) is 11.5. The molecule has 0 saturated carbocycles. The average molecular weight is 399 g/mol. The molecule has 0 aromatic heterocycles. The quantitative estimate of drug-likeness (QED) is 0.497. The largest absolute Gasteiger partial charge is 0.439 e. The number of hydrogen-bond donors (Lipinski definition) is 0. The van der Waals surface area contributed by atoms with Crippen LogP contribution in [0, 0.1) is 0 Å². The van der Waals surface area contributed by atoms with Gasteiger partial charge in [0.1, 0.15) is 0 Å². The minimum absolute atomic E-state index is 1.00. The molecule has 0 radical (unpaired) electrons. The molecule has 0 fully saturated rings. The highest BCUT2D eigenvalue weighted by Crippen LogP contribution is 2.26. The molecule has 134 valence electrons. The minimum atomic E-state index is -2.23. The normalized spacial score (nSPS) is 18.1. The fourth-order valence-electron chi connectivity index (χ4n) is 2.74. The molecule has 4 nitrogen and oxygen atoms in total. The van der Waals surface area contributed by atoms with Gasteiger partial charge in [0, 0.05) is 0 Å². The summed E-state index contributed by atoms with van der Waals surface area (Å²) in [5.74, 6) is 0. The lowest BCUT2D eigenvalue weighted by molar-refractivity contribution is 0.305. The van der Waals surface area contributed by atoms with Crippen LogP contribution in [0.5, 0.6) is 0 Å². The van der Waals surface area contributed by atoms with Crippen molar-refractivity contribution < 1.29 is 16.5 Å². The maximum Gasteiger partial charge on any atom is 0.317 e. The van der Waals surface area contributed by atoms with Crippen molar-refractivity contribution in [1.29, 1.82) is 0 Å². The predicted octanol–water partition coefficient (Wildman–Crippen LogP) is 4.76. The molecular formula is C13H38O4Si5.